The van der Waals surface area contributed by atoms with Crippen LogP contribution in [-0.2, 0) is 25.8 Å². The van der Waals surface area contributed by atoms with E-state index in [4.69, 9.17) is 4.74 Å². The Balaban J connectivity index is 1.37. The maximum absolute atomic E-state index is 13.0. The van der Waals surface area contributed by atoms with Crippen LogP contribution in [0.15, 0.2) is 65.8 Å². The van der Waals surface area contributed by atoms with Crippen LogP contribution in [0.3, 0.4) is 0 Å². The fraction of sp³-hybridized carbons (Fsp3) is 0.348. The molecule has 2 aromatic carbocycles. The van der Waals surface area contributed by atoms with E-state index in [-0.39, 0.29) is 42.3 Å². The largest absolute Gasteiger partial charge is 0.447 e. The van der Waals surface area contributed by atoms with E-state index in [2.05, 4.69) is 15.5 Å². The number of rotatable bonds is 9. The molecule has 4 rings (SSSR count). The lowest BCUT2D eigenvalue weighted by Crippen LogP contribution is -2.43. The highest BCUT2D eigenvalue weighted by Crippen LogP contribution is 2.22. The highest BCUT2D eigenvalue weighted by molar-refractivity contribution is 7.91. The lowest BCUT2D eigenvalue weighted by atomic mass is 10.0. The van der Waals surface area contributed by atoms with Crippen molar-refractivity contribution in [2.24, 2.45) is 5.92 Å². The fourth-order valence-corrected chi connectivity index (χ4v) is 5.20. The molecule has 0 spiro atoms. The quantitative estimate of drug-likeness (QED) is 0.454. The number of benzene rings is 2. The predicted molar refractivity (Wildman–Crippen MR) is 122 cm³/mol. The summed E-state index contributed by atoms with van der Waals surface area (Å²) in [7, 11) is -3.79. The Labute approximate surface area is 197 Å². The van der Waals surface area contributed by atoms with Crippen LogP contribution in [0.1, 0.15) is 25.3 Å². The van der Waals surface area contributed by atoms with Gasteiger partial charge in [0.25, 0.3) is 5.16 Å². The number of para-hydroxylation sites is 1. The summed E-state index contributed by atoms with van der Waals surface area (Å²) in [6.45, 7) is 1.83. The van der Waals surface area contributed by atoms with Crippen molar-refractivity contribution in [3.05, 3.63) is 66.2 Å². The molecule has 3 aromatic rings. The minimum absolute atomic E-state index is 0.142. The molecule has 0 unspecified atom stereocenters. The molecule has 1 aliphatic heterocycles. The molecule has 10 nitrogen and oxygen atoms in total. The topological polar surface area (TPSA) is 124 Å². The van der Waals surface area contributed by atoms with Gasteiger partial charge in [-0.3, -0.25) is 4.79 Å². The summed E-state index contributed by atoms with van der Waals surface area (Å²) in [5.74, 6) is -1.14. The Morgan fingerprint density at radius 2 is 1.79 bits per heavy atom. The standard InChI is InChI=1S/C23H25N5O5S/c1-17(21(29)27-20(16-33-23(27)30)15-18-10-4-2-5-11-18)9-8-14-34(31,32)22-24-25-26-28(22)19-12-6-3-7-13-19/h2-7,10-13,17,20H,8-9,14-16H2,1H3/t17-,20-/m0/s1. The van der Waals surface area contributed by atoms with Crippen molar-refractivity contribution in [1.29, 1.82) is 0 Å². The third kappa shape index (κ3) is 5.14. The summed E-state index contributed by atoms with van der Waals surface area (Å²) in [4.78, 5) is 26.4. The molecular formula is C23H25N5O5S. The SMILES string of the molecule is C[C@@H](CCCS(=O)(=O)c1nnnn1-c1ccccc1)C(=O)N1C(=O)OC[C@@H]1Cc1ccccc1. The first-order valence-corrected chi connectivity index (χ1v) is 12.6. The average Bonchev–Trinajstić information content (AvgIpc) is 3.47. The third-order valence-corrected chi connectivity index (χ3v) is 7.34. The minimum atomic E-state index is -3.79. The molecule has 0 aliphatic carbocycles. The van der Waals surface area contributed by atoms with E-state index in [1.807, 2.05) is 30.3 Å². The summed E-state index contributed by atoms with van der Waals surface area (Å²) in [6.07, 6.45) is 0.338. The molecular weight excluding hydrogens is 458 g/mol. The highest BCUT2D eigenvalue weighted by Gasteiger charge is 2.39. The van der Waals surface area contributed by atoms with Gasteiger partial charge in [-0.15, -0.1) is 0 Å². The van der Waals surface area contributed by atoms with Gasteiger partial charge in [0.2, 0.25) is 15.7 Å². The molecule has 1 fully saturated rings. The van der Waals surface area contributed by atoms with E-state index >= 15 is 0 Å². The molecule has 0 bridgehead atoms. The van der Waals surface area contributed by atoms with Gasteiger partial charge in [0.15, 0.2) is 0 Å². The third-order valence-electron chi connectivity index (χ3n) is 5.70. The van der Waals surface area contributed by atoms with Gasteiger partial charge in [-0.1, -0.05) is 60.6 Å². The second-order valence-corrected chi connectivity index (χ2v) is 10.2. The average molecular weight is 484 g/mol. The Hall–Kier alpha value is -3.60. The van der Waals surface area contributed by atoms with Crippen LogP contribution in [0.25, 0.3) is 5.69 Å². The van der Waals surface area contributed by atoms with Crippen LogP contribution in [0.2, 0.25) is 0 Å². The van der Waals surface area contributed by atoms with Gasteiger partial charge >= 0.3 is 6.09 Å². The Kier molecular flexibility index (Phi) is 7.01. The number of hydrogen-bond donors (Lipinski definition) is 0. The molecule has 1 aromatic heterocycles. The summed E-state index contributed by atoms with van der Waals surface area (Å²) in [6, 6.07) is 17.9. The van der Waals surface area contributed by atoms with Crippen LogP contribution in [0.5, 0.6) is 0 Å². The minimum Gasteiger partial charge on any atom is -0.447 e. The van der Waals surface area contributed by atoms with E-state index in [1.165, 1.54) is 9.58 Å². The van der Waals surface area contributed by atoms with Gasteiger partial charge in [-0.05, 0) is 47.4 Å². The normalized spacial score (nSPS) is 16.9. The molecule has 2 amide bonds. The second kappa shape index (κ2) is 10.1. The van der Waals surface area contributed by atoms with Gasteiger partial charge in [0.05, 0.1) is 17.5 Å². The number of imide groups is 1. The number of carbonyl (C=O) groups excluding carboxylic acids is 2. The molecule has 2 atom stereocenters. The van der Waals surface area contributed by atoms with Crippen molar-refractivity contribution < 1.29 is 22.7 Å². The second-order valence-electron chi connectivity index (χ2n) is 8.20. The molecule has 1 aliphatic rings. The molecule has 34 heavy (non-hydrogen) atoms. The molecule has 0 N–H and O–H groups in total. The maximum Gasteiger partial charge on any atom is 0.416 e. The first kappa shape index (κ1) is 23.6. The van der Waals surface area contributed by atoms with Gasteiger partial charge in [-0.25, -0.2) is 18.1 Å². The highest BCUT2D eigenvalue weighted by atomic mass is 32.2. The molecule has 178 valence electrons. The molecule has 0 radical (unpaired) electrons. The number of amides is 2. The van der Waals surface area contributed by atoms with E-state index in [0.29, 0.717) is 12.1 Å². The Morgan fingerprint density at radius 3 is 2.50 bits per heavy atom. The van der Waals surface area contributed by atoms with Gasteiger partial charge < -0.3 is 4.74 Å². The number of nitrogens with zero attached hydrogens (tertiary/aromatic N) is 5. The van der Waals surface area contributed by atoms with Gasteiger partial charge in [-0.2, -0.15) is 4.68 Å². The van der Waals surface area contributed by atoms with E-state index in [1.54, 1.807) is 37.3 Å². The number of ether oxygens (including phenoxy) is 1. The van der Waals surface area contributed by atoms with Gasteiger partial charge in [0, 0.05) is 5.92 Å². The van der Waals surface area contributed by atoms with Crippen molar-refractivity contribution in [2.45, 2.75) is 37.4 Å². The number of cyclic esters (lactones) is 1. The summed E-state index contributed by atoms with van der Waals surface area (Å²) in [5.41, 5.74) is 1.53. The fourth-order valence-electron chi connectivity index (χ4n) is 3.90. The van der Waals surface area contributed by atoms with Crippen LogP contribution in [-0.4, -0.2) is 63.9 Å². The zero-order valence-corrected chi connectivity index (χ0v) is 19.5. The Morgan fingerprint density at radius 1 is 1.12 bits per heavy atom. The van der Waals surface area contributed by atoms with Crippen LogP contribution < -0.4 is 0 Å². The molecule has 11 heteroatoms. The van der Waals surface area contributed by atoms with Crippen molar-refractivity contribution in [2.75, 3.05) is 12.4 Å². The lowest BCUT2D eigenvalue weighted by Gasteiger charge is -2.23. The van der Waals surface area contributed by atoms with Crippen LogP contribution >= 0.6 is 0 Å². The number of carbonyl (C=O) groups is 2. The zero-order valence-electron chi connectivity index (χ0n) is 18.6. The van der Waals surface area contributed by atoms with Crippen molar-refractivity contribution >= 4 is 21.8 Å². The lowest BCUT2D eigenvalue weighted by molar-refractivity contribution is -0.133. The Bertz CT molecular complexity index is 1250. The summed E-state index contributed by atoms with van der Waals surface area (Å²) < 4.78 is 32.0. The monoisotopic (exact) mass is 483 g/mol. The van der Waals surface area contributed by atoms with Crippen LogP contribution in [0, 0.1) is 5.92 Å². The van der Waals surface area contributed by atoms with Gasteiger partial charge in [0.1, 0.15) is 6.61 Å². The smallest absolute Gasteiger partial charge is 0.416 e. The predicted octanol–water partition coefficient (Wildman–Crippen LogP) is 2.44. The van der Waals surface area contributed by atoms with Crippen LogP contribution in [0.4, 0.5) is 4.79 Å². The maximum atomic E-state index is 13.0. The van der Waals surface area contributed by atoms with Crippen molar-refractivity contribution in [3.63, 3.8) is 0 Å². The summed E-state index contributed by atoms with van der Waals surface area (Å²) in [5, 5.41) is 10.8. The molecule has 2 heterocycles. The van der Waals surface area contributed by atoms with Crippen molar-refractivity contribution in [3.8, 4) is 5.69 Å². The molecule has 1 saturated heterocycles. The van der Waals surface area contributed by atoms with E-state index < -0.39 is 21.8 Å². The number of sulfone groups is 1. The number of aromatic nitrogens is 4. The first-order valence-electron chi connectivity index (χ1n) is 11.0. The van der Waals surface area contributed by atoms with E-state index in [0.717, 1.165) is 5.56 Å². The van der Waals surface area contributed by atoms with E-state index in [9.17, 15) is 18.0 Å². The number of tetrazole rings is 1. The first-order chi connectivity index (χ1) is 16.4. The van der Waals surface area contributed by atoms with Crippen molar-refractivity contribution in [1.82, 2.24) is 25.1 Å². The zero-order chi connectivity index (χ0) is 24.1. The molecule has 0 saturated carbocycles. The number of hydrogen-bond acceptors (Lipinski definition) is 8. The summed E-state index contributed by atoms with van der Waals surface area (Å²) >= 11 is 0.